The fraction of sp³-hybridized carbons (Fsp3) is 0.100. The van der Waals surface area contributed by atoms with Crippen LogP contribution in [-0.4, -0.2) is 29.6 Å². The molecule has 0 N–H and O–H groups in total. The molecule has 5 heteroatoms. The maximum Gasteiger partial charge on any atom is 0.281 e. The molecule has 2 aromatic rings. The molecule has 1 aliphatic heterocycles. The Morgan fingerprint density at radius 3 is 2.44 bits per heavy atom. The van der Waals surface area contributed by atoms with Gasteiger partial charge in [-0.1, -0.05) is 43.0 Å². The van der Waals surface area contributed by atoms with Crippen LogP contribution >= 0.6 is 12.2 Å². The van der Waals surface area contributed by atoms with Crippen LogP contribution < -0.4 is 9.64 Å². The van der Waals surface area contributed by atoms with Crippen LogP contribution in [0, 0.1) is 0 Å². The van der Waals surface area contributed by atoms with Crippen molar-refractivity contribution in [3.8, 4) is 5.75 Å². The maximum atomic E-state index is 12.8. The van der Waals surface area contributed by atoms with Crippen LogP contribution in [0.1, 0.15) is 5.56 Å². The standard InChI is InChI=1S/C20H18N2O2S/c1-3-13-24-17-11-9-15(10-12-17)14-18-19(23)22(20(25)21(18)2)16-7-5-4-6-8-16/h3-12,14H,1,13H2,2H3/b18-14-. The van der Waals surface area contributed by atoms with Gasteiger partial charge < -0.3 is 9.64 Å². The van der Waals surface area contributed by atoms with Gasteiger partial charge in [0, 0.05) is 7.05 Å². The number of para-hydroxylation sites is 1. The summed E-state index contributed by atoms with van der Waals surface area (Å²) in [4.78, 5) is 16.1. The maximum absolute atomic E-state index is 12.8. The van der Waals surface area contributed by atoms with Gasteiger partial charge in [-0.05, 0) is 48.1 Å². The summed E-state index contributed by atoms with van der Waals surface area (Å²) >= 11 is 5.44. The van der Waals surface area contributed by atoms with E-state index in [9.17, 15) is 4.79 Å². The summed E-state index contributed by atoms with van der Waals surface area (Å²) in [6.45, 7) is 4.08. The lowest BCUT2D eigenvalue weighted by Crippen LogP contribution is -2.30. The quantitative estimate of drug-likeness (QED) is 0.466. The molecule has 4 nitrogen and oxygen atoms in total. The predicted octanol–water partition coefficient (Wildman–Crippen LogP) is 3.86. The Balaban J connectivity index is 1.86. The zero-order valence-electron chi connectivity index (χ0n) is 13.9. The van der Waals surface area contributed by atoms with Crippen LogP contribution in [-0.2, 0) is 4.79 Å². The van der Waals surface area contributed by atoms with Crippen molar-refractivity contribution >= 4 is 35.0 Å². The number of hydrogen-bond donors (Lipinski definition) is 0. The molecule has 0 unspecified atom stereocenters. The number of carbonyl (C=O) groups is 1. The molecule has 0 radical (unpaired) electrons. The summed E-state index contributed by atoms with van der Waals surface area (Å²) in [6, 6.07) is 16.9. The molecule has 25 heavy (non-hydrogen) atoms. The number of benzene rings is 2. The lowest BCUT2D eigenvalue weighted by molar-refractivity contribution is -0.114. The van der Waals surface area contributed by atoms with Crippen LogP contribution in [0.15, 0.2) is 72.9 Å². The van der Waals surface area contributed by atoms with E-state index in [1.165, 1.54) is 0 Å². The van der Waals surface area contributed by atoms with Crippen LogP contribution in [0.3, 0.4) is 0 Å². The highest BCUT2D eigenvalue weighted by Gasteiger charge is 2.36. The van der Waals surface area contributed by atoms with Gasteiger partial charge in [0.2, 0.25) is 0 Å². The first-order valence-electron chi connectivity index (χ1n) is 7.84. The third-order valence-corrected chi connectivity index (χ3v) is 4.28. The highest BCUT2D eigenvalue weighted by atomic mass is 32.1. The second kappa shape index (κ2) is 7.32. The van der Waals surface area contributed by atoms with Gasteiger partial charge >= 0.3 is 0 Å². The highest BCUT2D eigenvalue weighted by Crippen LogP contribution is 2.28. The second-order valence-electron chi connectivity index (χ2n) is 5.52. The third-order valence-electron chi connectivity index (χ3n) is 3.83. The molecule has 0 atom stereocenters. The van der Waals surface area contributed by atoms with Gasteiger partial charge in [0.1, 0.15) is 18.1 Å². The number of rotatable bonds is 5. The summed E-state index contributed by atoms with van der Waals surface area (Å²) < 4.78 is 5.47. The molecule has 1 saturated heterocycles. The predicted molar refractivity (Wildman–Crippen MR) is 104 cm³/mol. The molecule has 1 aliphatic rings. The Hall–Kier alpha value is -2.92. The zero-order chi connectivity index (χ0) is 17.8. The summed E-state index contributed by atoms with van der Waals surface area (Å²) in [5, 5.41) is 0.466. The lowest BCUT2D eigenvalue weighted by atomic mass is 10.1. The normalized spacial score (nSPS) is 15.8. The van der Waals surface area contributed by atoms with E-state index in [0.29, 0.717) is 17.4 Å². The van der Waals surface area contributed by atoms with Crippen molar-refractivity contribution < 1.29 is 9.53 Å². The number of anilines is 1. The molecule has 0 aromatic heterocycles. The van der Waals surface area contributed by atoms with E-state index in [0.717, 1.165) is 17.0 Å². The summed E-state index contributed by atoms with van der Waals surface area (Å²) in [7, 11) is 1.80. The largest absolute Gasteiger partial charge is 0.490 e. The zero-order valence-corrected chi connectivity index (χ0v) is 14.7. The topological polar surface area (TPSA) is 32.8 Å². The molecular weight excluding hydrogens is 332 g/mol. The van der Waals surface area contributed by atoms with Gasteiger partial charge in [-0.25, -0.2) is 0 Å². The van der Waals surface area contributed by atoms with Crippen molar-refractivity contribution in [3.63, 3.8) is 0 Å². The number of carbonyl (C=O) groups excluding carboxylic acids is 1. The van der Waals surface area contributed by atoms with Gasteiger partial charge in [-0.2, -0.15) is 0 Å². The molecule has 3 rings (SSSR count). The SMILES string of the molecule is C=CCOc1ccc(/C=C2/C(=O)N(c3ccccc3)C(=S)N2C)cc1. The van der Waals surface area contributed by atoms with Crippen molar-refractivity contribution in [1.29, 1.82) is 0 Å². The minimum absolute atomic E-state index is 0.134. The molecule has 2 aromatic carbocycles. The van der Waals surface area contributed by atoms with E-state index in [4.69, 9.17) is 17.0 Å². The second-order valence-corrected chi connectivity index (χ2v) is 5.88. The Labute approximate surface area is 152 Å². The van der Waals surface area contributed by atoms with Gasteiger partial charge in [0.05, 0.1) is 5.69 Å². The average molecular weight is 350 g/mol. The number of likely N-dealkylation sites (N-methyl/N-ethyl adjacent to an activating group) is 1. The van der Waals surface area contributed by atoms with Crippen molar-refractivity contribution in [2.45, 2.75) is 0 Å². The summed E-state index contributed by atoms with van der Waals surface area (Å²) in [5.74, 6) is 0.625. The minimum Gasteiger partial charge on any atom is -0.490 e. The van der Waals surface area contributed by atoms with Gasteiger partial charge in [0.25, 0.3) is 5.91 Å². The van der Waals surface area contributed by atoms with E-state index < -0.39 is 0 Å². The fourth-order valence-electron chi connectivity index (χ4n) is 2.53. The number of thiocarbonyl (C=S) groups is 1. The monoisotopic (exact) mass is 350 g/mol. The number of amides is 1. The van der Waals surface area contributed by atoms with Gasteiger partial charge in [-0.3, -0.25) is 9.69 Å². The molecule has 0 spiro atoms. The molecule has 1 fully saturated rings. The smallest absolute Gasteiger partial charge is 0.281 e. The lowest BCUT2D eigenvalue weighted by Gasteiger charge is -2.16. The van der Waals surface area contributed by atoms with Gasteiger partial charge in [0.15, 0.2) is 5.11 Å². The Morgan fingerprint density at radius 1 is 1.12 bits per heavy atom. The van der Waals surface area contributed by atoms with E-state index >= 15 is 0 Å². The van der Waals surface area contributed by atoms with E-state index in [2.05, 4.69) is 6.58 Å². The van der Waals surface area contributed by atoms with Crippen molar-refractivity contribution in [2.24, 2.45) is 0 Å². The van der Waals surface area contributed by atoms with E-state index in [-0.39, 0.29) is 5.91 Å². The molecular formula is C20H18N2O2S. The van der Waals surface area contributed by atoms with Crippen molar-refractivity contribution in [1.82, 2.24) is 4.90 Å². The van der Waals surface area contributed by atoms with E-state index in [1.807, 2.05) is 60.7 Å². The third kappa shape index (κ3) is 3.46. The fourth-order valence-corrected chi connectivity index (χ4v) is 2.82. The van der Waals surface area contributed by atoms with Crippen LogP contribution in [0.2, 0.25) is 0 Å². The van der Waals surface area contributed by atoms with E-state index in [1.54, 1.807) is 22.9 Å². The average Bonchev–Trinajstić information content (AvgIpc) is 2.85. The van der Waals surface area contributed by atoms with Crippen LogP contribution in [0.4, 0.5) is 5.69 Å². The number of ether oxygens (including phenoxy) is 1. The minimum atomic E-state index is -0.134. The molecule has 0 aliphatic carbocycles. The first-order chi connectivity index (χ1) is 12.1. The molecule has 0 saturated carbocycles. The summed E-state index contributed by atoms with van der Waals surface area (Å²) in [6.07, 6.45) is 3.52. The van der Waals surface area contributed by atoms with Crippen LogP contribution in [0.5, 0.6) is 5.75 Å². The Kier molecular flexibility index (Phi) is 4.95. The van der Waals surface area contributed by atoms with Crippen molar-refractivity contribution in [2.75, 3.05) is 18.6 Å². The molecule has 1 amide bonds. The number of hydrogen-bond acceptors (Lipinski definition) is 3. The van der Waals surface area contributed by atoms with Crippen LogP contribution in [0.25, 0.3) is 6.08 Å². The number of nitrogens with zero attached hydrogens (tertiary/aromatic N) is 2. The first-order valence-corrected chi connectivity index (χ1v) is 8.25. The van der Waals surface area contributed by atoms with Crippen molar-refractivity contribution in [3.05, 3.63) is 78.5 Å². The Morgan fingerprint density at radius 2 is 1.80 bits per heavy atom. The molecule has 1 heterocycles. The van der Waals surface area contributed by atoms with Gasteiger partial charge in [-0.15, -0.1) is 0 Å². The highest BCUT2D eigenvalue weighted by molar-refractivity contribution is 7.80. The first kappa shape index (κ1) is 16.9. The molecule has 0 bridgehead atoms. The summed E-state index contributed by atoms with van der Waals surface area (Å²) in [5.41, 5.74) is 2.20. The molecule has 126 valence electrons. The Bertz CT molecular complexity index is 829.